The third-order valence-corrected chi connectivity index (χ3v) is 4.42. The number of nitrogens with one attached hydrogen (secondary N) is 1. The smallest absolute Gasteiger partial charge is 0.137 e. The van der Waals surface area contributed by atoms with Crippen molar-refractivity contribution < 1.29 is 8.78 Å². The Bertz CT molecular complexity index is 661. The van der Waals surface area contributed by atoms with Crippen molar-refractivity contribution in [2.24, 2.45) is 0 Å². The van der Waals surface area contributed by atoms with Crippen LogP contribution >= 0.6 is 27.5 Å². The number of rotatable bonds is 4. The minimum atomic E-state index is -0.502. The molecule has 0 aromatic heterocycles. The summed E-state index contributed by atoms with van der Waals surface area (Å²) in [5.74, 6) is -0.982. The molecule has 2 aromatic rings. The molecule has 0 spiro atoms. The van der Waals surface area contributed by atoms with Crippen LogP contribution in [0.25, 0.3) is 0 Å². The van der Waals surface area contributed by atoms with Crippen molar-refractivity contribution >= 4 is 27.5 Å². The zero-order chi connectivity index (χ0) is 15.6. The van der Waals surface area contributed by atoms with Gasteiger partial charge in [-0.1, -0.05) is 36.7 Å². The second-order valence-corrected chi connectivity index (χ2v) is 5.99. The quantitative estimate of drug-likeness (QED) is 0.708. The van der Waals surface area contributed by atoms with Gasteiger partial charge < -0.3 is 5.32 Å². The van der Waals surface area contributed by atoms with E-state index in [-0.39, 0.29) is 10.0 Å². The number of aryl methyl sites for hydroxylation is 1. The summed E-state index contributed by atoms with van der Waals surface area (Å²) in [5, 5.41) is 3.73. The molecule has 1 N–H and O–H groups in total. The molecule has 1 unspecified atom stereocenters. The molecule has 0 heterocycles. The van der Waals surface area contributed by atoms with Crippen molar-refractivity contribution in [2.75, 3.05) is 6.54 Å². The molecular formula is C16H15BrClF2N. The highest BCUT2D eigenvalue weighted by molar-refractivity contribution is 9.10. The SMILES string of the molecule is CCNC(c1cc(F)c(Br)cc1F)c1cccc(C)c1Cl. The first-order valence-electron chi connectivity index (χ1n) is 6.58. The van der Waals surface area contributed by atoms with Gasteiger partial charge in [-0.2, -0.15) is 0 Å². The van der Waals surface area contributed by atoms with Gasteiger partial charge >= 0.3 is 0 Å². The molecule has 5 heteroatoms. The second-order valence-electron chi connectivity index (χ2n) is 4.76. The van der Waals surface area contributed by atoms with Crippen LogP contribution in [-0.4, -0.2) is 6.54 Å². The van der Waals surface area contributed by atoms with Crippen molar-refractivity contribution in [2.45, 2.75) is 19.9 Å². The van der Waals surface area contributed by atoms with Crippen LogP contribution in [0.5, 0.6) is 0 Å². The van der Waals surface area contributed by atoms with E-state index < -0.39 is 17.7 Å². The Balaban J connectivity index is 2.59. The lowest BCUT2D eigenvalue weighted by atomic mass is 9.96. The van der Waals surface area contributed by atoms with Gasteiger partial charge in [-0.15, -0.1) is 0 Å². The minimum Gasteiger partial charge on any atom is -0.306 e. The number of benzene rings is 2. The van der Waals surface area contributed by atoms with Gasteiger partial charge in [-0.05, 0) is 52.7 Å². The molecule has 1 atom stereocenters. The second kappa shape index (κ2) is 6.86. The number of hydrogen-bond acceptors (Lipinski definition) is 1. The molecule has 2 aromatic carbocycles. The van der Waals surface area contributed by atoms with E-state index in [1.54, 1.807) is 0 Å². The lowest BCUT2D eigenvalue weighted by molar-refractivity contribution is 0.542. The van der Waals surface area contributed by atoms with Crippen LogP contribution in [0, 0.1) is 18.6 Å². The largest absolute Gasteiger partial charge is 0.306 e. The average Bonchev–Trinajstić information content (AvgIpc) is 2.44. The Hall–Kier alpha value is -0.970. The Labute approximate surface area is 136 Å². The molecule has 0 saturated carbocycles. The van der Waals surface area contributed by atoms with Gasteiger partial charge in [0.15, 0.2) is 0 Å². The molecule has 0 aliphatic heterocycles. The van der Waals surface area contributed by atoms with Gasteiger partial charge in [0.25, 0.3) is 0 Å². The first-order valence-corrected chi connectivity index (χ1v) is 7.75. The van der Waals surface area contributed by atoms with Gasteiger partial charge in [-0.25, -0.2) is 8.78 Å². The molecule has 2 rings (SSSR count). The van der Waals surface area contributed by atoms with Crippen molar-refractivity contribution in [1.29, 1.82) is 0 Å². The summed E-state index contributed by atoms with van der Waals surface area (Å²) in [6.07, 6.45) is 0. The van der Waals surface area contributed by atoms with E-state index in [0.29, 0.717) is 11.6 Å². The summed E-state index contributed by atoms with van der Waals surface area (Å²) in [6.45, 7) is 4.39. The molecule has 0 radical (unpaired) electrons. The maximum atomic E-state index is 14.2. The van der Waals surface area contributed by atoms with Crippen LogP contribution < -0.4 is 5.32 Å². The minimum absolute atomic E-state index is 0.106. The maximum absolute atomic E-state index is 14.2. The molecular weight excluding hydrogens is 360 g/mol. The first kappa shape index (κ1) is 16.4. The molecule has 1 nitrogen and oxygen atoms in total. The number of halogens is 4. The summed E-state index contributed by atoms with van der Waals surface area (Å²) < 4.78 is 28.1. The molecule has 21 heavy (non-hydrogen) atoms. The Kier molecular flexibility index (Phi) is 5.36. The van der Waals surface area contributed by atoms with Crippen molar-refractivity contribution in [1.82, 2.24) is 5.32 Å². The Morgan fingerprint density at radius 1 is 1.19 bits per heavy atom. The van der Waals surface area contributed by atoms with Crippen LogP contribution in [-0.2, 0) is 0 Å². The Morgan fingerprint density at radius 2 is 1.90 bits per heavy atom. The molecule has 0 fully saturated rings. The Morgan fingerprint density at radius 3 is 2.57 bits per heavy atom. The van der Waals surface area contributed by atoms with Crippen LogP contribution in [0.1, 0.15) is 29.7 Å². The molecule has 0 aliphatic rings. The predicted molar refractivity (Wildman–Crippen MR) is 85.8 cm³/mol. The zero-order valence-corrected chi connectivity index (χ0v) is 14.0. The van der Waals surface area contributed by atoms with E-state index in [4.69, 9.17) is 11.6 Å². The highest BCUT2D eigenvalue weighted by Crippen LogP contribution is 2.33. The fourth-order valence-electron chi connectivity index (χ4n) is 2.24. The first-order chi connectivity index (χ1) is 9.95. The summed E-state index contributed by atoms with van der Waals surface area (Å²) in [4.78, 5) is 0. The van der Waals surface area contributed by atoms with Gasteiger partial charge in [0.1, 0.15) is 11.6 Å². The normalized spacial score (nSPS) is 12.5. The van der Waals surface area contributed by atoms with Crippen molar-refractivity contribution in [3.05, 3.63) is 68.2 Å². The average molecular weight is 375 g/mol. The lowest BCUT2D eigenvalue weighted by Gasteiger charge is -2.22. The monoisotopic (exact) mass is 373 g/mol. The fraction of sp³-hybridized carbons (Fsp3) is 0.250. The molecule has 112 valence electrons. The number of hydrogen-bond donors (Lipinski definition) is 1. The third kappa shape index (κ3) is 3.44. The van der Waals surface area contributed by atoms with E-state index in [2.05, 4.69) is 21.2 Å². The highest BCUT2D eigenvalue weighted by Gasteiger charge is 2.21. The van der Waals surface area contributed by atoms with Gasteiger partial charge in [0, 0.05) is 10.6 Å². The summed E-state index contributed by atoms with van der Waals surface area (Å²) in [6, 6.07) is 7.40. The summed E-state index contributed by atoms with van der Waals surface area (Å²) in [7, 11) is 0. The van der Waals surface area contributed by atoms with E-state index in [1.807, 2.05) is 32.0 Å². The van der Waals surface area contributed by atoms with Crippen LogP contribution in [0.15, 0.2) is 34.8 Å². The van der Waals surface area contributed by atoms with E-state index in [1.165, 1.54) is 6.07 Å². The zero-order valence-electron chi connectivity index (χ0n) is 11.7. The van der Waals surface area contributed by atoms with Crippen molar-refractivity contribution in [3.8, 4) is 0 Å². The molecule has 0 bridgehead atoms. The van der Waals surface area contributed by atoms with Crippen molar-refractivity contribution in [3.63, 3.8) is 0 Å². The van der Waals surface area contributed by atoms with Crippen LogP contribution in [0.2, 0.25) is 5.02 Å². The topological polar surface area (TPSA) is 12.0 Å². The van der Waals surface area contributed by atoms with E-state index in [0.717, 1.165) is 17.2 Å². The standard InChI is InChI=1S/C16H15BrClF2N/c1-3-21-16(10-6-4-5-9(2)15(10)18)11-7-14(20)12(17)8-13(11)19/h4-8,16,21H,3H2,1-2H3. The summed E-state index contributed by atoms with van der Waals surface area (Å²) >= 11 is 9.32. The molecule has 0 amide bonds. The van der Waals surface area contributed by atoms with E-state index in [9.17, 15) is 8.78 Å². The lowest BCUT2D eigenvalue weighted by Crippen LogP contribution is -2.23. The van der Waals surface area contributed by atoms with Gasteiger partial charge in [-0.3, -0.25) is 0 Å². The van der Waals surface area contributed by atoms with Gasteiger partial charge in [0.2, 0.25) is 0 Å². The van der Waals surface area contributed by atoms with Gasteiger partial charge in [0.05, 0.1) is 10.5 Å². The van der Waals surface area contributed by atoms with Crippen LogP contribution in [0.3, 0.4) is 0 Å². The maximum Gasteiger partial charge on any atom is 0.137 e. The third-order valence-electron chi connectivity index (χ3n) is 3.29. The van der Waals surface area contributed by atoms with E-state index >= 15 is 0 Å². The van der Waals surface area contributed by atoms with Crippen LogP contribution in [0.4, 0.5) is 8.78 Å². The molecule has 0 saturated heterocycles. The molecule has 0 aliphatic carbocycles. The summed E-state index contributed by atoms with van der Waals surface area (Å²) in [5.41, 5.74) is 1.87. The fourth-order valence-corrected chi connectivity index (χ4v) is 2.79. The highest BCUT2D eigenvalue weighted by atomic mass is 79.9. The predicted octanol–water partition coefficient (Wildman–Crippen LogP) is 5.39.